The van der Waals surface area contributed by atoms with Crippen LogP contribution < -0.4 is 0 Å². The summed E-state index contributed by atoms with van der Waals surface area (Å²) in [4.78, 5) is 34.2. The SMILES string of the molecule is COC(=O)[C@@H](OC(C)=O)[C@H](OC(C)=O)c1ccc(Cl)cc1. The van der Waals surface area contributed by atoms with E-state index in [-0.39, 0.29) is 0 Å². The van der Waals surface area contributed by atoms with Gasteiger partial charge in [0.15, 0.2) is 6.10 Å². The minimum Gasteiger partial charge on any atom is -0.466 e. The zero-order chi connectivity index (χ0) is 16.0. The van der Waals surface area contributed by atoms with Crippen LogP contribution in [0.4, 0.5) is 0 Å². The molecule has 0 unspecified atom stereocenters. The first kappa shape index (κ1) is 17.0. The number of benzene rings is 1. The maximum atomic E-state index is 11.8. The van der Waals surface area contributed by atoms with Crippen molar-refractivity contribution in [3.8, 4) is 0 Å². The van der Waals surface area contributed by atoms with Crippen molar-refractivity contribution in [1.82, 2.24) is 0 Å². The molecule has 7 heteroatoms. The van der Waals surface area contributed by atoms with Gasteiger partial charge in [-0.25, -0.2) is 4.79 Å². The van der Waals surface area contributed by atoms with Crippen LogP contribution in [-0.2, 0) is 28.6 Å². The minimum atomic E-state index is -1.39. The first-order valence-electron chi connectivity index (χ1n) is 6.03. The molecule has 0 spiro atoms. The number of ether oxygens (including phenoxy) is 3. The Bertz CT molecular complexity index is 525. The van der Waals surface area contributed by atoms with E-state index >= 15 is 0 Å². The molecule has 1 aromatic rings. The summed E-state index contributed by atoms with van der Waals surface area (Å²) in [6.45, 7) is 2.33. The summed E-state index contributed by atoms with van der Waals surface area (Å²) in [5.74, 6) is -2.15. The number of esters is 3. The summed E-state index contributed by atoms with van der Waals surface area (Å²) in [5, 5.41) is 0.474. The Morgan fingerprint density at radius 1 is 1.00 bits per heavy atom. The lowest BCUT2D eigenvalue weighted by Crippen LogP contribution is -2.36. The molecule has 0 radical (unpaired) electrons. The van der Waals surface area contributed by atoms with E-state index in [1.807, 2.05) is 0 Å². The summed E-state index contributed by atoms with van der Waals surface area (Å²) >= 11 is 5.79. The highest BCUT2D eigenvalue weighted by Crippen LogP contribution is 2.26. The van der Waals surface area contributed by atoms with E-state index in [1.54, 1.807) is 24.3 Å². The maximum absolute atomic E-state index is 11.8. The maximum Gasteiger partial charge on any atom is 0.351 e. The average Bonchev–Trinajstić information content (AvgIpc) is 2.42. The van der Waals surface area contributed by atoms with Crippen molar-refractivity contribution in [2.24, 2.45) is 0 Å². The molecule has 0 heterocycles. The molecule has 6 nitrogen and oxygen atoms in total. The molecule has 0 saturated carbocycles. The lowest BCUT2D eigenvalue weighted by molar-refractivity contribution is -0.180. The van der Waals surface area contributed by atoms with Gasteiger partial charge < -0.3 is 14.2 Å². The monoisotopic (exact) mass is 314 g/mol. The van der Waals surface area contributed by atoms with Crippen LogP contribution in [-0.4, -0.2) is 31.1 Å². The lowest BCUT2D eigenvalue weighted by Gasteiger charge is -2.24. The molecule has 0 aliphatic heterocycles. The Balaban J connectivity index is 3.18. The summed E-state index contributed by atoms with van der Waals surface area (Å²) < 4.78 is 14.6. The van der Waals surface area contributed by atoms with Gasteiger partial charge in [0.2, 0.25) is 6.10 Å². The zero-order valence-electron chi connectivity index (χ0n) is 11.8. The number of hydrogen-bond donors (Lipinski definition) is 0. The van der Waals surface area contributed by atoms with Gasteiger partial charge in [0.25, 0.3) is 0 Å². The highest BCUT2D eigenvalue weighted by molar-refractivity contribution is 6.30. The van der Waals surface area contributed by atoms with E-state index in [2.05, 4.69) is 4.74 Å². The third-order valence-electron chi connectivity index (χ3n) is 2.49. The number of hydrogen-bond acceptors (Lipinski definition) is 6. The van der Waals surface area contributed by atoms with Crippen molar-refractivity contribution in [2.75, 3.05) is 7.11 Å². The zero-order valence-corrected chi connectivity index (χ0v) is 12.5. The molecule has 0 saturated heterocycles. The quantitative estimate of drug-likeness (QED) is 0.611. The second-order valence-electron chi connectivity index (χ2n) is 4.13. The fourth-order valence-electron chi connectivity index (χ4n) is 1.66. The molecule has 1 aromatic carbocycles. The lowest BCUT2D eigenvalue weighted by atomic mass is 10.0. The van der Waals surface area contributed by atoms with Crippen LogP contribution in [0.25, 0.3) is 0 Å². The highest BCUT2D eigenvalue weighted by Gasteiger charge is 2.36. The molecular formula is C14H15ClO6. The van der Waals surface area contributed by atoms with Gasteiger partial charge in [-0.2, -0.15) is 0 Å². The predicted molar refractivity (Wildman–Crippen MR) is 73.5 cm³/mol. The second kappa shape index (κ2) is 7.64. The standard InChI is InChI=1S/C14H15ClO6/c1-8(16)20-12(10-4-6-11(15)7-5-10)13(14(18)19-3)21-9(2)17/h4-7,12-13H,1-3H3/t12-,13+/m1/s1. The Hall–Kier alpha value is -2.08. The molecule has 1 rings (SSSR count). The summed E-state index contributed by atoms with van der Waals surface area (Å²) in [6.07, 6.45) is -2.51. The molecular weight excluding hydrogens is 300 g/mol. The molecule has 0 amide bonds. The number of rotatable bonds is 5. The molecule has 0 aliphatic rings. The molecule has 0 aromatic heterocycles. The predicted octanol–water partition coefficient (Wildman–Crippen LogP) is 2.05. The van der Waals surface area contributed by atoms with E-state index in [0.29, 0.717) is 10.6 Å². The fourth-order valence-corrected chi connectivity index (χ4v) is 1.79. The molecule has 21 heavy (non-hydrogen) atoms. The van der Waals surface area contributed by atoms with Crippen molar-refractivity contribution in [1.29, 1.82) is 0 Å². The molecule has 0 aliphatic carbocycles. The minimum absolute atomic E-state index is 0.450. The Morgan fingerprint density at radius 2 is 1.52 bits per heavy atom. The van der Waals surface area contributed by atoms with Gasteiger partial charge in [0.1, 0.15) is 0 Å². The van der Waals surface area contributed by atoms with Crippen LogP contribution in [0.15, 0.2) is 24.3 Å². The van der Waals surface area contributed by atoms with Crippen molar-refractivity contribution in [2.45, 2.75) is 26.1 Å². The molecule has 0 fully saturated rings. The van der Waals surface area contributed by atoms with Gasteiger partial charge >= 0.3 is 17.9 Å². The molecule has 0 N–H and O–H groups in total. The third-order valence-corrected chi connectivity index (χ3v) is 2.74. The van der Waals surface area contributed by atoms with Crippen LogP contribution in [0.2, 0.25) is 5.02 Å². The van der Waals surface area contributed by atoms with Gasteiger partial charge in [-0.3, -0.25) is 9.59 Å². The first-order valence-corrected chi connectivity index (χ1v) is 6.40. The number of halogens is 1. The van der Waals surface area contributed by atoms with Gasteiger partial charge in [0.05, 0.1) is 7.11 Å². The van der Waals surface area contributed by atoms with Gasteiger partial charge in [-0.05, 0) is 17.7 Å². The largest absolute Gasteiger partial charge is 0.466 e. The topological polar surface area (TPSA) is 78.9 Å². The van der Waals surface area contributed by atoms with Crippen LogP contribution in [0, 0.1) is 0 Å². The first-order chi connectivity index (χ1) is 9.85. The smallest absolute Gasteiger partial charge is 0.351 e. The van der Waals surface area contributed by atoms with Crippen LogP contribution in [0.5, 0.6) is 0 Å². The van der Waals surface area contributed by atoms with E-state index < -0.39 is 30.1 Å². The second-order valence-corrected chi connectivity index (χ2v) is 4.57. The van der Waals surface area contributed by atoms with Gasteiger partial charge in [0, 0.05) is 18.9 Å². The Morgan fingerprint density at radius 3 is 1.95 bits per heavy atom. The molecule has 114 valence electrons. The Kier molecular flexibility index (Phi) is 6.17. The summed E-state index contributed by atoms with van der Waals surface area (Å²) in [7, 11) is 1.14. The van der Waals surface area contributed by atoms with Crippen molar-refractivity contribution in [3.05, 3.63) is 34.9 Å². The van der Waals surface area contributed by atoms with Gasteiger partial charge in [-0.1, -0.05) is 23.7 Å². The van der Waals surface area contributed by atoms with E-state index in [0.717, 1.165) is 14.0 Å². The molecule has 2 atom stereocenters. The van der Waals surface area contributed by atoms with E-state index in [9.17, 15) is 14.4 Å². The highest BCUT2D eigenvalue weighted by atomic mass is 35.5. The average molecular weight is 315 g/mol. The summed E-state index contributed by atoms with van der Waals surface area (Å²) in [5.41, 5.74) is 0.450. The van der Waals surface area contributed by atoms with Crippen LogP contribution in [0.1, 0.15) is 25.5 Å². The van der Waals surface area contributed by atoms with Crippen molar-refractivity contribution < 1.29 is 28.6 Å². The molecule has 0 bridgehead atoms. The van der Waals surface area contributed by atoms with E-state index in [1.165, 1.54) is 6.92 Å². The fraction of sp³-hybridized carbons (Fsp3) is 0.357. The normalized spacial score (nSPS) is 13.0. The van der Waals surface area contributed by atoms with E-state index in [4.69, 9.17) is 21.1 Å². The van der Waals surface area contributed by atoms with Crippen LogP contribution in [0.3, 0.4) is 0 Å². The van der Waals surface area contributed by atoms with Crippen molar-refractivity contribution >= 4 is 29.5 Å². The summed E-state index contributed by atoms with van der Waals surface area (Å²) in [6, 6.07) is 6.26. The number of methoxy groups -OCH3 is 1. The van der Waals surface area contributed by atoms with Crippen LogP contribution >= 0.6 is 11.6 Å². The van der Waals surface area contributed by atoms with Crippen molar-refractivity contribution in [3.63, 3.8) is 0 Å². The number of carbonyl (C=O) groups excluding carboxylic acids is 3. The number of carbonyl (C=O) groups is 3. The van der Waals surface area contributed by atoms with Gasteiger partial charge in [-0.15, -0.1) is 0 Å². The Labute approximate surface area is 126 Å². The third kappa shape index (κ3) is 5.07.